The number of ether oxygens (including phenoxy) is 1. The average Bonchev–Trinajstić information content (AvgIpc) is 2.27. The van der Waals surface area contributed by atoms with Crippen molar-refractivity contribution >= 4 is 5.97 Å². The average molecular weight is 226 g/mol. The summed E-state index contributed by atoms with van der Waals surface area (Å²) in [6, 6.07) is 2.42. The lowest BCUT2D eigenvalue weighted by Crippen LogP contribution is -2.30. The topological polar surface area (TPSA) is 62.1 Å². The summed E-state index contributed by atoms with van der Waals surface area (Å²) in [6.45, 7) is 4.83. The van der Waals surface area contributed by atoms with Crippen molar-refractivity contribution in [3.63, 3.8) is 0 Å². The summed E-state index contributed by atoms with van der Waals surface area (Å²) in [5.41, 5.74) is 0. The summed E-state index contributed by atoms with van der Waals surface area (Å²) in [5.74, 6) is -0.218. The number of unbranched alkanes of at least 4 members (excludes halogenated alkanes) is 2. The van der Waals surface area contributed by atoms with Crippen LogP contribution in [0.15, 0.2) is 0 Å². The quantitative estimate of drug-likeness (QED) is 0.507. The molecule has 16 heavy (non-hydrogen) atoms. The second-order valence-corrected chi connectivity index (χ2v) is 4.13. The minimum absolute atomic E-state index is 0.0633. The first kappa shape index (κ1) is 14.9. The molecule has 0 aliphatic heterocycles. The van der Waals surface area contributed by atoms with Gasteiger partial charge in [-0.25, -0.2) is 0 Å². The molecular formula is C12H22N2O2. The van der Waals surface area contributed by atoms with E-state index in [1.165, 1.54) is 7.11 Å². The van der Waals surface area contributed by atoms with E-state index in [0.29, 0.717) is 12.5 Å². The molecule has 0 aromatic carbocycles. The van der Waals surface area contributed by atoms with Crippen LogP contribution in [-0.2, 0) is 9.53 Å². The molecule has 0 rings (SSSR count). The number of hydrogen-bond donors (Lipinski definition) is 1. The van der Waals surface area contributed by atoms with E-state index >= 15 is 0 Å². The number of nitrogens with one attached hydrogen (secondary N) is 1. The molecule has 0 aliphatic carbocycles. The van der Waals surface area contributed by atoms with Crippen LogP contribution in [0.2, 0.25) is 0 Å². The van der Waals surface area contributed by atoms with Gasteiger partial charge in [-0.05, 0) is 32.7 Å². The van der Waals surface area contributed by atoms with Crippen molar-refractivity contribution in [3.05, 3.63) is 0 Å². The summed E-state index contributed by atoms with van der Waals surface area (Å²) in [7, 11) is 1.42. The molecule has 2 atom stereocenters. The van der Waals surface area contributed by atoms with Crippen molar-refractivity contribution in [2.45, 2.75) is 45.6 Å². The van der Waals surface area contributed by atoms with Crippen molar-refractivity contribution in [3.8, 4) is 6.07 Å². The van der Waals surface area contributed by atoms with Crippen LogP contribution in [0.1, 0.15) is 39.5 Å². The Bertz CT molecular complexity index is 236. The number of carbonyl (C=O) groups excluding carboxylic acids is 1. The largest absolute Gasteiger partial charge is 0.469 e. The van der Waals surface area contributed by atoms with E-state index in [4.69, 9.17) is 5.26 Å². The number of hydrogen-bond acceptors (Lipinski definition) is 4. The van der Waals surface area contributed by atoms with E-state index < -0.39 is 0 Å². The van der Waals surface area contributed by atoms with Crippen LogP contribution in [0.5, 0.6) is 0 Å². The zero-order valence-corrected chi connectivity index (χ0v) is 10.5. The van der Waals surface area contributed by atoms with E-state index in [1.54, 1.807) is 0 Å². The van der Waals surface area contributed by atoms with Gasteiger partial charge in [0, 0.05) is 12.5 Å². The van der Waals surface area contributed by atoms with E-state index in [-0.39, 0.29) is 11.9 Å². The van der Waals surface area contributed by atoms with Crippen molar-refractivity contribution in [2.24, 2.45) is 5.92 Å². The summed E-state index contributed by atoms with van der Waals surface area (Å²) in [5, 5.41) is 11.7. The molecule has 0 saturated heterocycles. The molecular weight excluding hydrogens is 204 g/mol. The lowest BCUT2D eigenvalue weighted by Gasteiger charge is -2.16. The van der Waals surface area contributed by atoms with Crippen LogP contribution in [-0.4, -0.2) is 25.7 Å². The van der Waals surface area contributed by atoms with Gasteiger partial charge in [-0.3, -0.25) is 4.79 Å². The number of methoxy groups -OCH3 is 1. The molecule has 0 saturated carbocycles. The Balaban J connectivity index is 3.54. The summed E-state index contributed by atoms with van der Waals surface area (Å²) in [6.07, 6.45) is 3.34. The Hall–Kier alpha value is -1.08. The maximum atomic E-state index is 11.2. The highest BCUT2D eigenvalue weighted by Gasteiger charge is 2.15. The van der Waals surface area contributed by atoms with Gasteiger partial charge in [0.2, 0.25) is 0 Å². The fourth-order valence-electron chi connectivity index (χ4n) is 1.59. The maximum absolute atomic E-state index is 11.2. The molecule has 4 heteroatoms. The molecule has 0 fully saturated rings. The molecule has 4 nitrogen and oxygen atoms in total. The zero-order valence-electron chi connectivity index (χ0n) is 10.5. The van der Waals surface area contributed by atoms with Gasteiger partial charge in [-0.1, -0.05) is 6.92 Å². The lowest BCUT2D eigenvalue weighted by atomic mass is 10.0. The maximum Gasteiger partial charge on any atom is 0.308 e. The molecule has 0 aliphatic rings. The Morgan fingerprint density at radius 2 is 2.12 bits per heavy atom. The molecule has 0 heterocycles. The van der Waals surface area contributed by atoms with Gasteiger partial charge >= 0.3 is 5.97 Å². The molecule has 0 aromatic rings. The van der Waals surface area contributed by atoms with Crippen LogP contribution in [0.25, 0.3) is 0 Å². The normalized spacial score (nSPS) is 13.9. The third kappa shape index (κ3) is 7.24. The van der Waals surface area contributed by atoms with Gasteiger partial charge in [-0.2, -0.15) is 5.26 Å². The first-order valence-electron chi connectivity index (χ1n) is 5.80. The van der Waals surface area contributed by atoms with Crippen LogP contribution < -0.4 is 5.32 Å². The number of esters is 1. The Morgan fingerprint density at radius 3 is 2.69 bits per heavy atom. The van der Waals surface area contributed by atoms with E-state index in [9.17, 15) is 4.79 Å². The van der Waals surface area contributed by atoms with Gasteiger partial charge in [0.1, 0.15) is 0 Å². The van der Waals surface area contributed by atoms with Gasteiger partial charge in [0.25, 0.3) is 0 Å². The molecule has 0 radical (unpaired) electrons. The van der Waals surface area contributed by atoms with Crippen LogP contribution >= 0.6 is 0 Å². The predicted octanol–water partition coefficient (Wildman–Crippen LogP) is 1.86. The summed E-state index contributed by atoms with van der Waals surface area (Å²) < 4.78 is 4.67. The number of carbonyl (C=O) groups is 1. The third-order valence-electron chi connectivity index (χ3n) is 2.52. The number of nitriles is 1. The van der Waals surface area contributed by atoms with E-state index in [0.717, 1.165) is 25.8 Å². The molecule has 0 aromatic heterocycles. The van der Waals surface area contributed by atoms with Crippen LogP contribution in [0, 0.1) is 17.2 Å². The first-order valence-corrected chi connectivity index (χ1v) is 5.80. The standard InChI is InChI=1S/C12H22N2O2/c1-10(12(15)16-3)9-11(2)14-8-6-4-5-7-13/h10-11,14H,4-6,8-9H2,1-3H3. The predicted molar refractivity (Wildman–Crippen MR) is 62.7 cm³/mol. The highest BCUT2D eigenvalue weighted by atomic mass is 16.5. The number of nitrogens with zero attached hydrogens (tertiary/aromatic N) is 1. The van der Waals surface area contributed by atoms with Gasteiger partial charge < -0.3 is 10.1 Å². The SMILES string of the molecule is COC(=O)C(C)CC(C)NCCCCC#N. The van der Waals surface area contributed by atoms with Crippen LogP contribution in [0.3, 0.4) is 0 Å². The molecule has 1 N–H and O–H groups in total. The molecule has 2 unspecified atom stereocenters. The molecule has 92 valence electrons. The highest BCUT2D eigenvalue weighted by molar-refractivity contribution is 5.71. The van der Waals surface area contributed by atoms with Crippen molar-refractivity contribution < 1.29 is 9.53 Å². The second-order valence-electron chi connectivity index (χ2n) is 4.13. The van der Waals surface area contributed by atoms with Crippen LogP contribution in [0.4, 0.5) is 0 Å². The van der Waals surface area contributed by atoms with Crippen molar-refractivity contribution in [2.75, 3.05) is 13.7 Å². The fraction of sp³-hybridized carbons (Fsp3) is 0.833. The lowest BCUT2D eigenvalue weighted by molar-refractivity contribution is -0.145. The van der Waals surface area contributed by atoms with Crippen molar-refractivity contribution in [1.82, 2.24) is 5.32 Å². The highest BCUT2D eigenvalue weighted by Crippen LogP contribution is 2.07. The summed E-state index contributed by atoms with van der Waals surface area (Å²) in [4.78, 5) is 11.2. The van der Waals surface area contributed by atoms with Gasteiger partial charge in [0.15, 0.2) is 0 Å². The van der Waals surface area contributed by atoms with Crippen molar-refractivity contribution in [1.29, 1.82) is 5.26 Å². The van der Waals surface area contributed by atoms with E-state index in [2.05, 4.69) is 23.0 Å². The van der Waals surface area contributed by atoms with Gasteiger partial charge in [-0.15, -0.1) is 0 Å². The minimum atomic E-state index is -0.155. The smallest absolute Gasteiger partial charge is 0.308 e. The Kier molecular flexibility index (Phi) is 8.55. The Labute approximate surface area is 98.0 Å². The van der Waals surface area contributed by atoms with E-state index in [1.807, 2.05) is 6.92 Å². The molecule has 0 spiro atoms. The second kappa shape index (κ2) is 9.17. The fourth-order valence-corrected chi connectivity index (χ4v) is 1.59. The third-order valence-corrected chi connectivity index (χ3v) is 2.52. The number of rotatable bonds is 8. The zero-order chi connectivity index (χ0) is 12.4. The first-order chi connectivity index (χ1) is 7.61. The summed E-state index contributed by atoms with van der Waals surface area (Å²) >= 11 is 0. The minimum Gasteiger partial charge on any atom is -0.469 e. The Morgan fingerprint density at radius 1 is 1.44 bits per heavy atom. The monoisotopic (exact) mass is 226 g/mol. The molecule has 0 amide bonds. The van der Waals surface area contributed by atoms with Gasteiger partial charge in [0.05, 0.1) is 19.1 Å². The molecule has 0 bridgehead atoms.